The van der Waals surface area contributed by atoms with E-state index in [-0.39, 0.29) is 5.60 Å². The third kappa shape index (κ3) is 4.67. The van der Waals surface area contributed by atoms with Gasteiger partial charge in [0, 0.05) is 27.6 Å². The molecule has 0 N–H and O–H groups in total. The molecule has 4 aliphatic rings. The Balaban J connectivity index is 1.36. The maximum absolute atomic E-state index is 12.5. The Hall–Kier alpha value is -0.250. The first kappa shape index (κ1) is 20.0. The molecular formula is C21H27I2NO3. The molecule has 0 saturated heterocycles. The Morgan fingerprint density at radius 1 is 0.963 bits per heavy atom. The summed E-state index contributed by atoms with van der Waals surface area (Å²) in [5.41, 5.74) is 0.925. The summed E-state index contributed by atoms with van der Waals surface area (Å²) in [4.78, 5) is 14.8. The number of nitrogens with zero attached hydrogens (tertiary/aromatic N) is 1. The fourth-order valence-electron chi connectivity index (χ4n) is 5.75. The van der Waals surface area contributed by atoms with E-state index in [0.29, 0.717) is 5.75 Å². The van der Waals surface area contributed by atoms with Gasteiger partial charge in [-0.1, -0.05) is 45.2 Å². The van der Waals surface area contributed by atoms with Gasteiger partial charge in [0.1, 0.15) is 11.4 Å². The Morgan fingerprint density at radius 3 is 1.96 bits per heavy atom. The largest absolute Gasteiger partial charge is 0.514 e. The molecule has 5 rings (SSSR count). The Kier molecular flexibility index (Phi) is 6.41. The number of halogens is 2. The topological polar surface area (TPSA) is 38.8 Å². The van der Waals surface area contributed by atoms with E-state index in [1.165, 1.54) is 24.9 Å². The Labute approximate surface area is 189 Å². The second-order valence-electron chi connectivity index (χ2n) is 8.41. The van der Waals surface area contributed by atoms with Crippen molar-refractivity contribution in [1.29, 1.82) is 0 Å². The van der Waals surface area contributed by atoms with Crippen LogP contribution >= 0.6 is 45.2 Å². The van der Waals surface area contributed by atoms with Crippen molar-refractivity contribution < 1.29 is 14.3 Å². The molecule has 0 aromatic heterocycles. The lowest BCUT2D eigenvalue weighted by atomic mass is 9.54. The lowest BCUT2D eigenvalue weighted by Gasteiger charge is -2.55. The van der Waals surface area contributed by atoms with E-state index in [4.69, 9.17) is 9.47 Å². The van der Waals surface area contributed by atoms with Gasteiger partial charge in [0.05, 0.1) is 0 Å². The van der Waals surface area contributed by atoms with E-state index in [2.05, 4.69) is 50.1 Å². The first-order chi connectivity index (χ1) is 13.1. The third-order valence-corrected chi connectivity index (χ3v) is 7.36. The molecule has 4 aliphatic carbocycles. The van der Waals surface area contributed by atoms with Crippen molar-refractivity contribution in [2.24, 2.45) is 17.8 Å². The van der Waals surface area contributed by atoms with Crippen LogP contribution in [-0.4, -0.2) is 33.7 Å². The van der Waals surface area contributed by atoms with E-state index in [1.807, 2.05) is 24.3 Å². The van der Waals surface area contributed by atoms with Crippen LogP contribution < -0.4 is 9.64 Å². The first-order valence-electron chi connectivity index (χ1n) is 9.97. The smallest absolute Gasteiger partial charge is 0.427 e. The molecule has 0 aliphatic heterocycles. The van der Waals surface area contributed by atoms with Gasteiger partial charge in [0.15, 0.2) is 0 Å². The summed E-state index contributed by atoms with van der Waals surface area (Å²) in [6.07, 6.45) is 6.59. The zero-order valence-electron chi connectivity index (χ0n) is 15.5. The lowest BCUT2D eigenvalue weighted by molar-refractivity contribution is -0.135. The predicted octanol–water partition coefficient (Wildman–Crippen LogP) is 5.85. The van der Waals surface area contributed by atoms with Gasteiger partial charge in [0.2, 0.25) is 0 Å². The molecule has 148 valence electrons. The molecule has 1 aromatic carbocycles. The number of alkyl halides is 2. The molecule has 4 nitrogen and oxygen atoms in total. The summed E-state index contributed by atoms with van der Waals surface area (Å²) in [6.45, 7) is 2.05. The molecule has 0 unspecified atom stereocenters. The molecule has 0 amide bonds. The minimum atomic E-state index is -0.527. The van der Waals surface area contributed by atoms with E-state index in [9.17, 15) is 4.79 Å². The number of carbonyl (C=O) groups excluding carboxylic acids is 1. The average Bonchev–Trinajstić information content (AvgIpc) is 2.60. The fourth-order valence-corrected chi connectivity index (χ4v) is 6.91. The monoisotopic (exact) mass is 595 g/mol. The zero-order chi connectivity index (χ0) is 18.9. The molecular weight excluding hydrogens is 568 g/mol. The molecule has 27 heavy (non-hydrogen) atoms. The van der Waals surface area contributed by atoms with Gasteiger partial charge in [-0.05, 0) is 80.5 Å². The highest BCUT2D eigenvalue weighted by atomic mass is 127. The molecule has 4 bridgehead atoms. The number of hydrogen-bond donors (Lipinski definition) is 0. The van der Waals surface area contributed by atoms with Gasteiger partial charge in [-0.15, -0.1) is 0 Å². The van der Waals surface area contributed by atoms with Crippen molar-refractivity contribution in [3.63, 3.8) is 0 Å². The van der Waals surface area contributed by atoms with Crippen molar-refractivity contribution in [1.82, 2.24) is 0 Å². The van der Waals surface area contributed by atoms with Crippen LogP contribution in [0.25, 0.3) is 0 Å². The van der Waals surface area contributed by atoms with Gasteiger partial charge in [-0.2, -0.15) is 0 Å². The van der Waals surface area contributed by atoms with E-state index < -0.39 is 6.16 Å². The normalized spacial score (nSPS) is 31.0. The number of ether oxygens (including phenoxy) is 2. The summed E-state index contributed by atoms with van der Waals surface area (Å²) < 4.78 is 13.6. The highest BCUT2D eigenvalue weighted by Gasteiger charge is 2.53. The Morgan fingerprint density at radius 2 is 1.48 bits per heavy atom. The maximum atomic E-state index is 12.5. The highest BCUT2D eigenvalue weighted by Crippen LogP contribution is 2.57. The minimum Gasteiger partial charge on any atom is -0.427 e. The molecule has 6 heteroatoms. The number of anilines is 1. The van der Waals surface area contributed by atoms with Crippen molar-refractivity contribution in [3.8, 4) is 5.75 Å². The number of benzene rings is 1. The second-order valence-corrected chi connectivity index (χ2v) is 10.6. The summed E-state index contributed by atoms with van der Waals surface area (Å²) in [5, 5.41) is 0. The summed E-state index contributed by atoms with van der Waals surface area (Å²) >= 11 is 4.81. The van der Waals surface area contributed by atoms with E-state index >= 15 is 0 Å². The van der Waals surface area contributed by atoms with Crippen LogP contribution in [0.5, 0.6) is 5.75 Å². The summed E-state index contributed by atoms with van der Waals surface area (Å²) in [5.74, 6) is 2.83. The van der Waals surface area contributed by atoms with Gasteiger partial charge >= 0.3 is 6.16 Å². The van der Waals surface area contributed by atoms with Crippen molar-refractivity contribution in [3.05, 3.63) is 24.3 Å². The zero-order valence-corrected chi connectivity index (χ0v) is 19.9. The van der Waals surface area contributed by atoms with Crippen LogP contribution in [0.15, 0.2) is 24.3 Å². The predicted molar refractivity (Wildman–Crippen MR) is 124 cm³/mol. The van der Waals surface area contributed by atoms with Crippen molar-refractivity contribution >= 4 is 57.0 Å². The molecule has 0 spiro atoms. The minimum absolute atomic E-state index is 0.247. The summed E-state index contributed by atoms with van der Waals surface area (Å²) in [6, 6.07) is 7.82. The quantitative estimate of drug-likeness (QED) is 0.172. The molecule has 0 atom stereocenters. The van der Waals surface area contributed by atoms with E-state index in [0.717, 1.165) is 59.0 Å². The van der Waals surface area contributed by atoms with Crippen LogP contribution in [0, 0.1) is 17.8 Å². The van der Waals surface area contributed by atoms with Crippen LogP contribution in [0.1, 0.15) is 38.5 Å². The van der Waals surface area contributed by atoms with Gasteiger partial charge < -0.3 is 14.4 Å². The standard InChI is InChI=1S/C21H27I2NO3/c22-5-7-24(8-6-23)18-1-3-19(4-2-18)26-20(25)27-21-12-15-9-16(13-21)11-17(10-15)14-21/h1-4,15-17H,5-14H2. The van der Waals surface area contributed by atoms with Gasteiger partial charge in [-0.3, -0.25) is 0 Å². The van der Waals surface area contributed by atoms with E-state index in [1.54, 1.807) is 0 Å². The van der Waals surface area contributed by atoms with Crippen LogP contribution in [0.3, 0.4) is 0 Å². The lowest BCUT2D eigenvalue weighted by Crippen LogP contribution is -2.53. The third-order valence-electron chi connectivity index (χ3n) is 6.39. The summed E-state index contributed by atoms with van der Waals surface area (Å²) in [7, 11) is 0. The molecule has 0 heterocycles. The van der Waals surface area contributed by atoms with Crippen LogP contribution in [0.2, 0.25) is 0 Å². The molecule has 4 fully saturated rings. The van der Waals surface area contributed by atoms with Crippen molar-refractivity contribution in [2.75, 3.05) is 26.8 Å². The maximum Gasteiger partial charge on any atom is 0.514 e. The average molecular weight is 595 g/mol. The highest BCUT2D eigenvalue weighted by molar-refractivity contribution is 14.1. The number of rotatable bonds is 7. The molecule has 4 saturated carbocycles. The second kappa shape index (κ2) is 8.63. The van der Waals surface area contributed by atoms with Crippen LogP contribution in [-0.2, 0) is 4.74 Å². The Bertz CT molecular complexity index is 623. The SMILES string of the molecule is O=C(Oc1ccc(N(CCI)CCI)cc1)OC12CC3CC(CC(C3)C1)C2. The molecule has 1 aromatic rings. The van der Waals surface area contributed by atoms with Gasteiger partial charge in [-0.25, -0.2) is 4.79 Å². The van der Waals surface area contributed by atoms with Crippen LogP contribution in [0.4, 0.5) is 10.5 Å². The molecule has 0 radical (unpaired) electrons. The number of carbonyl (C=O) groups is 1. The van der Waals surface area contributed by atoms with Crippen molar-refractivity contribution in [2.45, 2.75) is 44.1 Å². The fraction of sp³-hybridized carbons (Fsp3) is 0.667. The first-order valence-corrected chi connectivity index (χ1v) is 13.0. The number of hydrogen-bond acceptors (Lipinski definition) is 4. The van der Waals surface area contributed by atoms with Gasteiger partial charge in [0.25, 0.3) is 0 Å².